The zero-order valence-corrected chi connectivity index (χ0v) is 18.3. The topological polar surface area (TPSA) is 56.6 Å². The van der Waals surface area contributed by atoms with Crippen molar-refractivity contribution in [2.45, 2.75) is 39.8 Å². The van der Waals surface area contributed by atoms with Gasteiger partial charge < -0.3 is 14.5 Å². The van der Waals surface area contributed by atoms with E-state index in [0.29, 0.717) is 51.5 Å². The molecule has 170 valence electrons. The van der Waals surface area contributed by atoms with Crippen molar-refractivity contribution in [1.29, 1.82) is 5.26 Å². The van der Waals surface area contributed by atoms with Gasteiger partial charge >= 0.3 is 6.18 Å². The molecule has 2 fully saturated rings. The van der Waals surface area contributed by atoms with Crippen LogP contribution in [0.1, 0.15) is 44.7 Å². The van der Waals surface area contributed by atoms with E-state index in [-0.39, 0.29) is 28.7 Å². The van der Waals surface area contributed by atoms with Gasteiger partial charge in [0.25, 0.3) is 0 Å². The number of anilines is 1. The Morgan fingerprint density at radius 3 is 2.71 bits per heavy atom. The monoisotopic (exact) mass is 437 g/mol. The summed E-state index contributed by atoms with van der Waals surface area (Å²) < 4.78 is 46.1. The number of rotatable bonds is 6. The molecule has 0 unspecified atom stereocenters. The number of benzene rings is 1. The Morgan fingerprint density at radius 2 is 2.10 bits per heavy atom. The van der Waals surface area contributed by atoms with E-state index in [1.807, 2.05) is 30.6 Å². The number of nitrogens with zero attached hydrogens (tertiary/aromatic N) is 3. The SMILES string of the molecule is CCOC[C@]12CN(C(=O)CC(C)C)CC[C@H]1CN(c1ccc(C#N)c(C(F)(F)F)c1)C2. The summed E-state index contributed by atoms with van der Waals surface area (Å²) in [7, 11) is 0. The molecule has 0 radical (unpaired) electrons. The van der Waals surface area contributed by atoms with E-state index in [2.05, 4.69) is 0 Å². The second-order valence-electron chi connectivity index (χ2n) is 9.12. The number of likely N-dealkylation sites (tertiary alicyclic amines) is 1. The Kier molecular flexibility index (Phi) is 6.85. The molecule has 0 spiro atoms. The second-order valence-corrected chi connectivity index (χ2v) is 9.12. The molecule has 31 heavy (non-hydrogen) atoms. The van der Waals surface area contributed by atoms with Gasteiger partial charge in [-0.1, -0.05) is 13.8 Å². The first-order valence-corrected chi connectivity index (χ1v) is 10.8. The number of halogens is 3. The summed E-state index contributed by atoms with van der Waals surface area (Å²) in [4.78, 5) is 16.6. The number of carbonyl (C=O) groups is 1. The molecule has 2 saturated heterocycles. The fourth-order valence-corrected chi connectivity index (χ4v) is 4.84. The number of carbonyl (C=O) groups excluding carboxylic acids is 1. The highest BCUT2D eigenvalue weighted by molar-refractivity contribution is 5.76. The van der Waals surface area contributed by atoms with Crippen LogP contribution in [0.3, 0.4) is 0 Å². The van der Waals surface area contributed by atoms with Crippen molar-refractivity contribution in [3.8, 4) is 6.07 Å². The first kappa shape index (κ1) is 23.4. The smallest absolute Gasteiger partial charge is 0.381 e. The van der Waals surface area contributed by atoms with Crippen LogP contribution < -0.4 is 4.90 Å². The predicted molar refractivity (Wildman–Crippen MR) is 111 cm³/mol. The number of ether oxygens (including phenoxy) is 1. The van der Waals surface area contributed by atoms with Gasteiger partial charge in [-0.3, -0.25) is 4.79 Å². The molecule has 1 aromatic carbocycles. The van der Waals surface area contributed by atoms with E-state index in [0.717, 1.165) is 12.5 Å². The zero-order chi connectivity index (χ0) is 22.8. The van der Waals surface area contributed by atoms with Crippen LogP contribution in [0.2, 0.25) is 0 Å². The summed E-state index contributed by atoms with van der Waals surface area (Å²) >= 11 is 0. The molecule has 0 N–H and O–H groups in total. The van der Waals surface area contributed by atoms with Gasteiger partial charge in [-0.25, -0.2) is 0 Å². The molecule has 2 heterocycles. The molecule has 0 aromatic heterocycles. The fourth-order valence-electron chi connectivity index (χ4n) is 4.84. The minimum atomic E-state index is -4.59. The van der Waals surface area contributed by atoms with E-state index < -0.39 is 11.7 Å². The maximum absolute atomic E-state index is 13.5. The largest absolute Gasteiger partial charge is 0.417 e. The number of alkyl halides is 3. The Morgan fingerprint density at radius 1 is 1.35 bits per heavy atom. The van der Waals surface area contributed by atoms with E-state index in [9.17, 15) is 18.0 Å². The fraction of sp³-hybridized carbons (Fsp3) is 0.652. The molecule has 0 aliphatic carbocycles. The lowest BCUT2D eigenvalue weighted by Gasteiger charge is -2.44. The summed E-state index contributed by atoms with van der Waals surface area (Å²) in [6, 6.07) is 5.54. The van der Waals surface area contributed by atoms with Gasteiger partial charge in [-0.2, -0.15) is 18.4 Å². The maximum atomic E-state index is 13.5. The molecule has 3 rings (SSSR count). The molecule has 2 aliphatic rings. The van der Waals surface area contributed by atoms with Crippen molar-refractivity contribution in [2.24, 2.45) is 17.3 Å². The van der Waals surface area contributed by atoms with Gasteiger partial charge in [0.1, 0.15) is 0 Å². The van der Waals surface area contributed by atoms with Gasteiger partial charge in [-0.15, -0.1) is 0 Å². The predicted octanol–water partition coefficient (Wildman–Crippen LogP) is 4.31. The van der Waals surface area contributed by atoms with Crippen molar-refractivity contribution >= 4 is 11.6 Å². The highest BCUT2D eigenvalue weighted by atomic mass is 19.4. The third-order valence-corrected chi connectivity index (χ3v) is 6.39. The number of hydrogen-bond acceptors (Lipinski definition) is 4. The zero-order valence-electron chi connectivity index (χ0n) is 18.3. The molecule has 1 aromatic rings. The summed E-state index contributed by atoms with van der Waals surface area (Å²) in [5, 5.41) is 9.07. The van der Waals surface area contributed by atoms with Crippen LogP contribution in [0.5, 0.6) is 0 Å². The highest BCUT2D eigenvalue weighted by Gasteiger charge is 2.51. The molecular weight excluding hydrogens is 407 g/mol. The van der Waals surface area contributed by atoms with Gasteiger partial charge in [0.05, 0.1) is 23.8 Å². The molecule has 0 bridgehead atoms. The quantitative estimate of drug-likeness (QED) is 0.665. The number of fused-ring (bicyclic) bond motifs is 1. The highest BCUT2D eigenvalue weighted by Crippen LogP contribution is 2.45. The molecule has 0 saturated carbocycles. The van der Waals surface area contributed by atoms with Gasteiger partial charge in [0.15, 0.2) is 0 Å². The molecule has 2 atom stereocenters. The normalized spacial score (nSPS) is 23.7. The summed E-state index contributed by atoms with van der Waals surface area (Å²) in [6.45, 7) is 9.32. The van der Waals surface area contributed by atoms with E-state index >= 15 is 0 Å². The molecule has 8 heteroatoms. The van der Waals surface area contributed by atoms with Crippen LogP contribution in [0.25, 0.3) is 0 Å². The Labute approximate surface area is 181 Å². The van der Waals surface area contributed by atoms with Gasteiger partial charge in [0, 0.05) is 50.3 Å². The van der Waals surface area contributed by atoms with Crippen LogP contribution in [0.4, 0.5) is 18.9 Å². The lowest BCUT2D eigenvalue weighted by molar-refractivity contribution is -0.138. The first-order valence-electron chi connectivity index (χ1n) is 10.8. The molecule has 5 nitrogen and oxygen atoms in total. The molecular formula is C23H30F3N3O2. The maximum Gasteiger partial charge on any atom is 0.417 e. The van der Waals surface area contributed by atoms with Crippen LogP contribution in [0.15, 0.2) is 18.2 Å². The second kappa shape index (κ2) is 9.07. The third-order valence-electron chi connectivity index (χ3n) is 6.39. The molecule has 2 aliphatic heterocycles. The minimum absolute atomic E-state index is 0.125. The van der Waals surface area contributed by atoms with E-state index in [1.165, 1.54) is 6.07 Å². The van der Waals surface area contributed by atoms with Crippen molar-refractivity contribution < 1.29 is 22.7 Å². The lowest BCUT2D eigenvalue weighted by atomic mass is 9.73. The van der Waals surface area contributed by atoms with Crippen molar-refractivity contribution in [2.75, 3.05) is 44.3 Å². The van der Waals surface area contributed by atoms with Crippen LogP contribution in [0, 0.1) is 28.6 Å². The van der Waals surface area contributed by atoms with Crippen molar-refractivity contribution in [3.05, 3.63) is 29.3 Å². The minimum Gasteiger partial charge on any atom is -0.381 e. The standard InChI is InChI=1S/C23H30F3N3O2/c1-4-31-15-22-13-28(21(30)9-16(2)3)8-7-18(22)12-29(14-22)19-6-5-17(11-27)20(10-19)23(24,25)26/h5-6,10,16,18H,4,7-9,12-15H2,1-3H3/t18-,22+/m0/s1. The van der Waals surface area contributed by atoms with E-state index in [1.54, 1.807) is 12.1 Å². The van der Waals surface area contributed by atoms with Crippen molar-refractivity contribution in [3.63, 3.8) is 0 Å². The number of hydrogen-bond donors (Lipinski definition) is 0. The number of amides is 1. The van der Waals surface area contributed by atoms with Gasteiger partial charge in [0.2, 0.25) is 5.91 Å². The summed E-state index contributed by atoms with van der Waals surface area (Å²) in [5.74, 6) is 0.625. The van der Waals surface area contributed by atoms with Crippen LogP contribution in [-0.2, 0) is 15.7 Å². The van der Waals surface area contributed by atoms with Gasteiger partial charge in [-0.05, 0) is 43.4 Å². The number of nitriles is 1. The summed E-state index contributed by atoms with van der Waals surface area (Å²) in [6.07, 6.45) is -3.30. The van der Waals surface area contributed by atoms with Crippen LogP contribution >= 0.6 is 0 Å². The van der Waals surface area contributed by atoms with Crippen molar-refractivity contribution in [1.82, 2.24) is 4.90 Å². The van der Waals surface area contributed by atoms with Crippen LogP contribution in [-0.4, -0.2) is 50.2 Å². The Balaban J connectivity index is 1.87. The lowest BCUT2D eigenvalue weighted by Crippen LogP contribution is -2.53. The first-order chi connectivity index (χ1) is 14.6. The Hall–Kier alpha value is -2.27. The Bertz CT molecular complexity index is 849. The summed E-state index contributed by atoms with van der Waals surface area (Å²) in [5.41, 5.74) is -1.14. The average molecular weight is 438 g/mol. The third kappa shape index (κ3) is 4.98. The molecule has 1 amide bonds. The average Bonchev–Trinajstić information content (AvgIpc) is 3.09. The van der Waals surface area contributed by atoms with E-state index in [4.69, 9.17) is 10.00 Å². The number of piperidine rings is 1.